The number of hydrogen-bond acceptors (Lipinski definition) is 5. The van der Waals surface area contributed by atoms with Gasteiger partial charge < -0.3 is 4.98 Å². The monoisotopic (exact) mass is 429 g/mol. The summed E-state index contributed by atoms with van der Waals surface area (Å²) >= 11 is 1.35. The van der Waals surface area contributed by atoms with Gasteiger partial charge in [-0.15, -0.1) is 11.3 Å². The Morgan fingerprint density at radius 1 is 1.06 bits per heavy atom. The molecule has 0 saturated heterocycles. The molecule has 0 atom stereocenters. The average molecular weight is 430 g/mol. The van der Waals surface area contributed by atoms with Crippen molar-refractivity contribution in [2.45, 2.75) is 19.9 Å². The molecule has 0 bridgehead atoms. The van der Waals surface area contributed by atoms with Gasteiger partial charge in [-0.25, -0.2) is 9.67 Å². The van der Waals surface area contributed by atoms with Gasteiger partial charge in [-0.2, -0.15) is 5.10 Å². The number of hydrogen-bond donors (Lipinski definition) is 2. The zero-order chi connectivity index (χ0) is 21.5. The fraction of sp³-hybridized carbons (Fsp3) is 0.130. The van der Waals surface area contributed by atoms with E-state index in [1.54, 1.807) is 24.3 Å². The summed E-state index contributed by atoms with van der Waals surface area (Å²) in [5, 5.41) is 11.6. The van der Waals surface area contributed by atoms with E-state index in [1.165, 1.54) is 16.0 Å². The summed E-state index contributed by atoms with van der Waals surface area (Å²) in [4.78, 5) is 33.6. The molecule has 3 aromatic heterocycles. The van der Waals surface area contributed by atoms with Crippen LogP contribution in [-0.4, -0.2) is 25.7 Å². The van der Waals surface area contributed by atoms with Gasteiger partial charge >= 0.3 is 0 Å². The van der Waals surface area contributed by atoms with Crippen molar-refractivity contribution in [1.82, 2.24) is 19.7 Å². The highest BCUT2D eigenvalue weighted by atomic mass is 32.1. The molecule has 1 amide bonds. The van der Waals surface area contributed by atoms with E-state index < -0.39 is 5.91 Å². The van der Waals surface area contributed by atoms with Gasteiger partial charge in [-0.3, -0.25) is 14.9 Å². The largest absolute Gasteiger partial charge is 0.360 e. The van der Waals surface area contributed by atoms with E-state index in [9.17, 15) is 9.59 Å². The van der Waals surface area contributed by atoms with Gasteiger partial charge in [0, 0.05) is 33.4 Å². The zero-order valence-electron chi connectivity index (χ0n) is 16.9. The van der Waals surface area contributed by atoms with Gasteiger partial charge in [-0.1, -0.05) is 36.4 Å². The first-order valence-electron chi connectivity index (χ1n) is 9.88. The number of fused-ring (bicyclic) bond motifs is 2. The standard InChI is InChI=1S/C23H19N5O2S/c1-13(2)28-22(30)16-9-4-3-8-15(16)20(27-28)21(29)26-23-25-19(12-31-23)17-11-24-18-10-6-5-7-14(17)18/h3-13,24H,1-2H3,(H,25,26,29). The molecule has 0 unspecified atom stereocenters. The number of benzene rings is 2. The summed E-state index contributed by atoms with van der Waals surface area (Å²) in [5.41, 5.74) is 2.78. The summed E-state index contributed by atoms with van der Waals surface area (Å²) in [6.45, 7) is 3.72. The van der Waals surface area contributed by atoms with Gasteiger partial charge in [0.15, 0.2) is 10.8 Å². The summed E-state index contributed by atoms with van der Waals surface area (Å²) in [5.74, 6) is -0.398. The summed E-state index contributed by atoms with van der Waals surface area (Å²) in [6, 6.07) is 14.9. The maximum atomic E-state index is 13.1. The second-order valence-corrected chi connectivity index (χ2v) is 8.34. The number of anilines is 1. The molecule has 3 heterocycles. The Balaban J connectivity index is 1.51. The van der Waals surface area contributed by atoms with E-state index in [-0.39, 0.29) is 17.3 Å². The van der Waals surface area contributed by atoms with Gasteiger partial charge in [0.25, 0.3) is 11.5 Å². The van der Waals surface area contributed by atoms with Crippen LogP contribution < -0.4 is 10.9 Å². The normalized spacial score (nSPS) is 11.5. The number of carbonyl (C=O) groups excluding carboxylic acids is 1. The maximum absolute atomic E-state index is 13.1. The zero-order valence-corrected chi connectivity index (χ0v) is 17.7. The average Bonchev–Trinajstić information content (AvgIpc) is 3.40. The highest BCUT2D eigenvalue weighted by Crippen LogP contribution is 2.31. The molecular formula is C23H19N5O2S. The second kappa shape index (κ2) is 7.48. The smallest absolute Gasteiger partial charge is 0.278 e. The molecule has 2 aromatic carbocycles. The Bertz CT molecular complexity index is 1490. The molecule has 0 saturated carbocycles. The lowest BCUT2D eigenvalue weighted by atomic mass is 10.1. The van der Waals surface area contributed by atoms with Crippen molar-refractivity contribution in [2.75, 3.05) is 5.32 Å². The maximum Gasteiger partial charge on any atom is 0.278 e. The van der Waals surface area contributed by atoms with Crippen LogP contribution in [0.25, 0.3) is 32.9 Å². The van der Waals surface area contributed by atoms with E-state index in [1.807, 2.05) is 49.7 Å². The van der Waals surface area contributed by atoms with Crippen LogP contribution in [0.2, 0.25) is 0 Å². The number of carbonyl (C=O) groups is 1. The van der Waals surface area contributed by atoms with Crippen molar-refractivity contribution in [1.29, 1.82) is 0 Å². The van der Waals surface area contributed by atoms with Crippen LogP contribution in [0.5, 0.6) is 0 Å². The first-order valence-corrected chi connectivity index (χ1v) is 10.8. The van der Waals surface area contributed by atoms with Crippen LogP contribution >= 0.6 is 11.3 Å². The summed E-state index contributed by atoms with van der Waals surface area (Å²) in [7, 11) is 0. The minimum Gasteiger partial charge on any atom is -0.360 e. The molecule has 154 valence electrons. The lowest BCUT2D eigenvalue weighted by molar-refractivity contribution is 0.102. The summed E-state index contributed by atoms with van der Waals surface area (Å²) in [6.07, 6.45) is 1.92. The van der Waals surface area contributed by atoms with Crippen molar-refractivity contribution >= 4 is 44.1 Å². The van der Waals surface area contributed by atoms with Crippen molar-refractivity contribution in [2.24, 2.45) is 0 Å². The second-order valence-electron chi connectivity index (χ2n) is 7.48. The van der Waals surface area contributed by atoms with Crippen LogP contribution in [0.15, 0.2) is 64.9 Å². The Kier molecular flexibility index (Phi) is 4.63. The Labute approximate surface area is 181 Å². The minimum absolute atomic E-state index is 0.169. The topological polar surface area (TPSA) is 92.7 Å². The minimum atomic E-state index is -0.398. The molecule has 2 N–H and O–H groups in total. The van der Waals surface area contributed by atoms with Crippen LogP contribution in [0.3, 0.4) is 0 Å². The Morgan fingerprint density at radius 2 is 1.77 bits per heavy atom. The third-order valence-corrected chi connectivity index (χ3v) is 5.88. The number of thiazole rings is 1. The molecule has 0 aliphatic heterocycles. The fourth-order valence-electron chi connectivity index (χ4n) is 3.62. The molecule has 8 heteroatoms. The number of aromatic amines is 1. The van der Waals surface area contributed by atoms with Crippen molar-refractivity contribution in [3.8, 4) is 11.3 Å². The van der Waals surface area contributed by atoms with Gasteiger partial charge in [0.1, 0.15) is 0 Å². The quantitative estimate of drug-likeness (QED) is 0.428. The van der Waals surface area contributed by atoms with E-state index >= 15 is 0 Å². The third-order valence-electron chi connectivity index (χ3n) is 5.12. The molecule has 0 aliphatic carbocycles. The number of rotatable bonds is 4. The van der Waals surface area contributed by atoms with Crippen LogP contribution in [0.1, 0.15) is 30.4 Å². The van der Waals surface area contributed by atoms with Crippen molar-refractivity contribution in [3.63, 3.8) is 0 Å². The Hall–Kier alpha value is -3.78. The van der Waals surface area contributed by atoms with Crippen LogP contribution in [0.4, 0.5) is 5.13 Å². The molecule has 5 rings (SSSR count). The van der Waals surface area contributed by atoms with Crippen molar-refractivity contribution < 1.29 is 4.79 Å². The first-order chi connectivity index (χ1) is 15.0. The van der Waals surface area contributed by atoms with E-state index in [0.29, 0.717) is 15.9 Å². The van der Waals surface area contributed by atoms with E-state index in [0.717, 1.165) is 22.2 Å². The molecule has 31 heavy (non-hydrogen) atoms. The predicted octanol–water partition coefficient (Wildman–Crippen LogP) is 4.83. The van der Waals surface area contributed by atoms with Crippen LogP contribution in [0, 0.1) is 0 Å². The lowest BCUT2D eigenvalue weighted by Crippen LogP contribution is -2.28. The summed E-state index contributed by atoms with van der Waals surface area (Å²) < 4.78 is 1.34. The number of nitrogens with zero attached hydrogens (tertiary/aromatic N) is 3. The first kappa shape index (κ1) is 19.2. The third kappa shape index (κ3) is 3.30. The number of H-pyrrole nitrogens is 1. The fourth-order valence-corrected chi connectivity index (χ4v) is 4.32. The molecule has 0 fully saturated rings. The number of aromatic nitrogens is 4. The molecule has 7 nitrogen and oxygen atoms in total. The number of amides is 1. The van der Waals surface area contributed by atoms with E-state index in [4.69, 9.17) is 0 Å². The van der Waals surface area contributed by atoms with Crippen LogP contribution in [-0.2, 0) is 0 Å². The number of nitrogens with one attached hydrogen (secondary N) is 2. The lowest BCUT2D eigenvalue weighted by Gasteiger charge is -2.12. The highest BCUT2D eigenvalue weighted by molar-refractivity contribution is 7.14. The SMILES string of the molecule is CC(C)n1nc(C(=O)Nc2nc(-c3c[nH]c4ccccc34)cs2)c2ccccc2c1=O. The van der Waals surface area contributed by atoms with Gasteiger partial charge in [0.2, 0.25) is 0 Å². The molecule has 0 spiro atoms. The van der Waals surface area contributed by atoms with E-state index in [2.05, 4.69) is 20.4 Å². The van der Waals surface area contributed by atoms with Gasteiger partial charge in [-0.05, 0) is 26.0 Å². The molecule has 0 radical (unpaired) electrons. The molecular weight excluding hydrogens is 410 g/mol. The highest BCUT2D eigenvalue weighted by Gasteiger charge is 2.19. The van der Waals surface area contributed by atoms with Gasteiger partial charge in [0.05, 0.1) is 17.1 Å². The molecule has 0 aliphatic rings. The van der Waals surface area contributed by atoms with Crippen molar-refractivity contribution in [3.05, 3.63) is 76.2 Å². The predicted molar refractivity (Wildman–Crippen MR) is 124 cm³/mol. The molecule has 5 aromatic rings. The Morgan fingerprint density at radius 3 is 2.55 bits per heavy atom. The number of para-hydroxylation sites is 1.